The number of methoxy groups -OCH3 is 1. The SMILES string of the molecule is CCS(=O)c1cc2c(cc1OC)CCn1c(C=O)c(CCCCNC(C)(C)C)c(Br)c1-2. The molecule has 1 aromatic heterocycles. The molecule has 0 amide bonds. The van der Waals surface area contributed by atoms with E-state index in [1.165, 1.54) is 0 Å². The maximum Gasteiger partial charge on any atom is 0.166 e. The Morgan fingerprint density at radius 2 is 2.03 bits per heavy atom. The number of unbranched alkanes of at least 4 members (excludes halogenated alkanes) is 1. The molecule has 1 atom stereocenters. The van der Waals surface area contributed by atoms with Crippen LogP contribution in [0.25, 0.3) is 11.3 Å². The van der Waals surface area contributed by atoms with E-state index in [1.807, 2.05) is 19.1 Å². The van der Waals surface area contributed by atoms with E-state index in [0.29, 0.717) is 16.4 Å². The zero-order valence-corrected chi connectivity index (χ0v) is 21.5. The van der Waals surface area contributed by atoms with Gasteiger partial charge in [0, 0.05) is 27.9 Å². The van der Waals surface area contributed by atoms with Gasteiger partial charge < -0.3 is 14.6 Å². The molecule has 1 N–H and O–H groups in total. The second-order valence-corrected chi connectivity index (χ2v) is 11.5. The summed E-state index contributed by atoms with van der Waals surface area (Å²) in [5, 5.41) is 3.52. The number of ether oxygens (including phenoxy) is 1. The van der Waals surface area contributed by atoms with Crippen LogP contribution in [0.15, 0.2) is 21.5 Å². The molecule has 0 fully saturated rings. The fourth-order valence-electron chi connectivity index (χ4n) is 4.17. The van der Waals surface area contributed by atoms with Gasteiger partial charge in [-0.25, -0.2) is 0 Å². The first-order chi connectivity index (χ1) is 14.7. The summed E-state index contributed by atoms with van der Waals surface area (Å²) in [6, 6.07) is 4.01. The van der Waals surface area contributed by atoms with Crippen molar-refractivity contribution in [2.75, 3.05) is 19.4 Å². The topological polar surface area (TPSA) is 60.3 Å². The minimum absolute atomic E-state index is 0.116. The van der Waals surface area contributed by atoms with Crippen LogP contribution < -0.4 is 10.1 Å². The molecule has 0 bridgehead atoms. The van der Waals surface area contributed by atoms with Gasteiger partial charge in [0.05, 0.1) is 34.2 Å². The molecule has 31 heavy (non-hydrogen) atoms. The molecule has 3 rings (SSSR count). The number of carbonyl (C=O) groups is 1. The van der Waals surface area contributed by atoms with Gasteiger partial charge in [0.15, 0.2) is 6.29 Å². The minimum atomic E-state index is -1.12. The fraction of sp³-hybridized carbons (Fsp3) is 0.542. The maximum absolute atomic E-state index is 12.6. The lowest BCUT2D eigenvalue weighted by Gasteiger charge is -2.23. The van der Waals surface area contributed by atoms with Crippen molar-refractivity contribution in [3.05, 3.63) is 33.4 Å². The summed E-state index contributed by atoms with van der Waals surface area (Å²) >= 11 is 3.81. The van der Waals surface area contributed by atoms with Crippen LogP contribution in [-0.4, -0.2) is 40.0 Å². The Morgan fingerprint density at radius 3 is 2.65 bits per heavy atom. The molecule has 7 heteroatoms. The lowest BCUT2D eigenvalue weighted by Crippen LogP contribution is -2.36. The van der Waals surface area contributed by atoms with E-state index in [2.05, 4.69) is 46.6 Å². The lowest BCUT2D eigenvalue weighted by molar-refractivity contribution is 0.111. The molecule has 0 aliphatic carbocycles. The molecule has 1 aliphatic heterocycles. The van der Waals surface area contributed by atoms with Crippen LogP contribution in [-0.2, 0) is 30.2 Å². The van der Waals surface area contributed by atoms with E-state index in [0.717, 1.165) is 77.6 Å². The molecule has 170 valence electrons. The summed E-state index contributed by atoms with van der Waals surface area (Å²) < 4.78 is 21.3. The van der Waals surface area contributed by atoms with Gasteiger partial charge in [0.2, 0.25) is 0 Å². The highest BCUT2D eigenvalue weighted by molar-refractivity contribution is 9.10. The molecule has 1 aliphatic rings. The number of nitrogens with one attached hydrogen (secondary N) is 1. The van der Waals surface area contributed by atoms with Crippen molar-refractivity contribution in [3.8, 4) is 17.0 Å². The number of aryl methyl sites for hydroxylation is 1. The fourth-order valence-corrected chi connectivity index (χ4v) is 5.93. The van der Waals surface area contributed by atoms with E-state index in [9.17, 15) is 9.00 Å². The summed E-state index contributed by atoms with van der Waals surface area (Å²) in [6.45, 7) is 10.1. The van der Waals surface area contributed by atoms with E-state index >= 15 is 0 Å². The Morgan fingerprint density at radius 1 is 1.29 bits per heavy atom. The van der Waals surface area contributed by atoms with E-state index in [4.69, 9.17) is 4.74 Å². The van der Waals surface area contributed by atoms with E-state index < -0.39 is 10.8 Å². The third-order valence-corrected chi connectivity index (χ3v) is 7.91. The third kappa shape index (κ3) is 5.15. The molecule has 0 radical (unpaired) electrons. The Kier molecular flexibility index (Phi) is 7.81. The molecular weight excluding hydrogens is 476 g/mol. The van der Waals surface area contributed by atoms with Crippen molar-refractivity contribution in [1.29, 1.82) is 0 Å². The average molecular weight is 510 g/mol. The molecule has 1 unspecified atom stereocenters. The highest BCUT2D eigenvalue weighted by Crippen LogP contribution is 2.43. The minimum Gasteiger partial charge on any atom is -0.495 e. The Bertz CT molecular complexity index is 992. The van der Waals surface area contributed by atoms with Crippen molar-refractivity contribution in [1.82, 2.24) is 9.88 Å². The lowest BCUT2D eigenvalue weighted by atomic mass is 9.98. The zero-order valence-electron chi connectivity index (χ0n) is 19.1. The van der Waals surface area contributed by atoms with Crippen LogP contribution in [0, 0.1) is 0 Å². The first-order valence-electron chi connectivity index (χ1n) is 10.9. The van der Waals surface area contributed by atoms with E-state index in [1.54, 1.807) is 7.11 Å². The third-order valence-electron chi connectivity index (χ3n) is 5.72. The highest BCUT2D eigenvalue weighted by atomic mass is 79.9. The van der Waals surface area contributed by atoms with Crippen molar-refractivity contribution in [3.63, 3.8) is 0 Å². The van der Waals surface area contributed by atoms with Crippen molar-refractivity contribution < 1.29 is 13.7 Å². The van der Waals surface area contributed by atoms with Crippen LogP contribution in [0.3, 0.4) is 0 Å². The molecule has 2 aromatic rings. The van der Waals surface area contributed by atoms with Crippen molar-refractivity contribution in [2.24, 2.45) is 0 Å². The quantitative estimate of drug-likeness (QED) is 0.376. The Balaban J connectivity index is 1.95. The highest BCUT2D eigenvalue weighted by Gasteiger charge is 2.28. The summed E-state index contributed by atoms with van der Waals surface area (Å²) in [6.07, 6.45) is 4.70. The predicted molar refractivity (Wildman–Crippen MR) is 131 cm³/mol. The molecule has 2 heterocycles. The number of hydrogen-bond acceptors (Lipinski definition) is 4. The van der Waals surface area contributed by atoms with Gasteiger partial charge in [-0.05, 0) is 92.2 Å². The van der Waals surface area contributed by atoms with Gasteiger partial charge in [-0.15, -0.1) is 0 Å². The number of fused-ring (bicyclic) bond motifs is 3. The number of benzene rings is 1. The number of hydrogen-bond donors (Lipinski definition) is 1. The van der Waals surface area contributed by atoms with Crippen LogP contribution >= 0.6 is 15.9 Å². The summed E-state index contributed by atoms with van der Waals surface area (Å²) in [4.78, 5) is 12.8. The average Bonchev–Trinajstić information content (AvgIpc) is 3.02. The molecular formula is C24H33BrN2O3S. The predicted octanol–water partition coefficient (Wildman–Crippen LogP) is 5.13. The zero-order chi connectivity index (χ0) is 22.8. The monoisotopic (exact) mass is 508 g/mol. The van der Waals surface area contributed by atoms with Gasteiger partial charge in [0.1, 0.15) is 5.75 Å². The second-order valence-electron chi connectivity index (χ2n) is 8.97. The van der Waals surface area contributed by atoms with Gasteiger partial charge in [-0.2, -0.15) is 0 Å². The second kappa shape index (κ2) is 10.0. The van der Waals surface area contributed by atoms with Gasteiger partial charge in [-0.3, -0.25) is 9.00 Å². The van der Waals surface area contributed by atoms with Crippen molar-refractivity contribution in [2.45, 2.75) is 70.4 Å². The number of aldehydes is 1. The Labute approximate surface area is 196 Å². The van der Waals surface area contributed by atoms with Crippen LogP contribution in [0.1, 0.15) is 62.2 Å². The van der Waals surface area contributed by atoms with Crippen LogP contribution in [0.5, 0.6) is 5.75 Å². The van der Waals surface area contributed by atoms with E-state index in [-0.39, 0.29) is 5.54 Å². The molecule has 0 saturated carbocycles. The number of aromatic nitrogens is 1. The summed E-state index contributed by atoms with van der Waals surface area (Å²) in [7, 11) is 0.497. The van der Waals surface area contributed by atoms with Gasteiger partial charge in [0.25, 0.3) is 0 Å². The normalized spacial score (nSPS) is 14.1. The molecule has 5 nitrogen and oxygen atoms in total. The van der Waals surface area contributed by atoms with Crippen LogP contribution in [0.2, 0.25) is 0 Å². The molecule has 1 aromatic carbocycles. The first kappa shape index (κ1) is 24.2. The first-order valence-corrected chi connectivity index (χ1v) is 13.0. The largest absolute Gasteiger partial charge is 0.495 e. The van der Waals surface area contributed by atoms with Crippen molar-refractivity contribution >= 4 is 33.0 Å². The number of carbonyl (C=O) groups excluding carboxylic acids is 1. The smallest absolute Gasteiger partial charge is 0.166 e. The number of nitrogens with zero attached hydrogens (tertiary/aromatic N) is 1. The standard InChI is InChI=1S/C24H33BrN2O3S/c1-6-31(29)21-14-18-16(13-20(21)30-5)10-12-27-19(15-28)17(22(25)23(18)27)9-7-8-11-26-24(2,3)4/h13-15,26H,6-12H2,1-5H3. The summed E-state index contributed by atoms with van der Waals surface area (Å²) in [5.74, 6) is 1.21. The maximum atomic E-state index is 12.6. The van der Waals surface area contributed by atoms with Crippen LogP contribution in [0.4, 0.5) is 0 Å². The molecule has 0 spiro atoms. The number of halogens is 1. The molecule has 0 saturated heterocycles. The number of rotatable bonds is 9. The van der Waals surface area contributed by atoms with Gasteiger partial charge >= 0.3 is 0 Å². The summed E-state index contributed by atoms with van der Waals surface area (Å²) in [5.41, 5.74) is 5.17. The van der Waals surface area contributed by atoms with Gasteiger partial charge in [-0.1, -0.05) is 6.92 Å². The Hall–Kier alpha value is -1.44.